The SMILES string of the molecule is CCCn1nnnc1C[NH+](C)Cc1cn(-c2ccccc2)nc1-c1ccccc1. The third-order valence-electron chi connectivity index (χ3n) is 4.85. The van der Waals surface area contributed by atoms with Crippen LogP contribution in [0.15, 0.2) is 66.9 Å². The maximum absolute atomic E-state index is 4.91. The molecule has 1 N–H and O–H groups in total. The third-order valence-corrected chi connectivity index (χ3v) is 4.85. The van der Waals surface area contributed by atoms with Gasteiger partial charge in [-0.25, -0.2) is 9.36 Å². The van der Waals surface area contributed by atoms with Gasteiger partial charge in [0.05, 0.1) is 18.3 Å². The summed E-state index contributed by atoms with van der Waals surface area (Å²) >= 11 is 0. The van der Waals surface area contributed by atoms with E-state index in [4.69, 9.17) is 5.10 Å². The highest BCUT2D eigenvalue weighted by Gasteiger charge is 2.18. The van der Waals surface area contributed by atoms with Crippen molar-refractivity contribution >= 4 is 0 Å². The number of aryl methyl sites for hydroxylation is 1. The molecule has 2 heterocycles. The molecule has 0 saturated carbocycles. The summed E-state index contributed by atoms with van der Waals surface area (Å²) < 4.78 is 3.86. The van der Waals surface area contributed by atoms with Crippen molar-refractivity contribution in [1.29, 1.82) is 0 Å². The van der Waals surface area contributed by atoms with Gasteiger partial charge in [-0.05, 0) is 29.0 Å². The van der Waals surface area contributed by atoms with Gasteiger partial charge in [0, 0.05) is 18.3 Å². The minimum atomic E-state index is 0.762. The Morgan fingerprint density at radius 3 is 2.38 bits per heavy atom. The van der Waals surface area contributed by atoms with E-state index in [1.165, 1.54) is 10.5 Å². The Morgan fingerprint density at radius 1 is 0.931 bits per heavy atom. The van der Waals surface area contributed by atoms with Gasteiger partial charge in [-0.15, -0.1) is 5.10 Å². The Labute approximate surface area is 170 Å². The molecule has 7 nitrogen and oxygen atoms in total. The van der Waals surface area contributed by atoms with Crippen molar-refractivity contribution in [3.63, 3.8) is 0 Å². The summed E-state index contributed by atoms with van der Waals surface area (Å²) in [5.41, 5.74) is 4.40. The quantitative estimate of drug-likeness (QED) is 0.502. The molecule has 2 aromatic carbocycles. The van der Waals surface area contributed by atoms with E-state index >= 15 is 0 Å². The van der Waals surface area contributed by atoms with Crippen LogP contribution in [0.5, 0.6) is 0 Å². The van der Waals surface area contributed by atoms with Gasteiger partial charge >= 0.3 is 0 Å². The predicted molar refractivity (Wildman–Crippen MR) is 111 cm³/mol. The van der Waals surface area contributed by atoms with Crippen molar-refractivity contribution in [3.8, 4) is 16.9 Å². The highest BCUT2D eigenvalue weighted by molar-refractivity contribution is 5.63. The molecule has 1 atom stereocenters. The lowest BCUT2D eigenvalue weighted by molar-refractivity contribution is -0.908. The van der Waals surface area contributed by atoms with Crippen molar-refractivity contribution in [2.24, 2.45) is 0 Å². The number of para-hydroxylation sites is 1. The van der Waals surface area contributed by atoms with E-state index in [0.29, 0.717) is 0 Å². The predicted octanol–water partition coefficient (Wildman–Crippen LogP) is 2.15. The van der Waals surface area contributed by atoms with Crippen molar-refractivity contribution in [3.05, 3.63) is 78.2 Å². The lowest BCUT2D eigenvalue weighted by Crippen LogP contribution is -3.06. The smallest absolute Gasteiger partial charge is 0.206 e. The summed E-state index contributed by atoms with van der Waals surface area (Å²) in [6.45, 7) is 4.57. The Morgan fingerprint density at radius 2 is 1.66 bits per heavy atom. The first kappa shape index (κ1) is 19.0. The van der Waals surface area contributed by atoms with Crippen LogP contribution in [0.3, 0.4) is 0 Å². The first-order valence-corrected chi connectivity index (χ1v) is 10.0. The molecule has 0 spiro atoms. The summed E-state index contributed by atoms with van der Waals surface area (Å²) in [7, 11) is 2.17. The van der Waals surface area contributed by atoms with E-state index in [9.17, 15) is 0 Å². The van der Waals surface area contributed by atoms with Crippen molar-refractivity contribution in [1.82, 2.24) is 30.0 Å². The molecular formula is C22H26N7+. The van der Waals surface area contributed by atoms with Crippen molar-refractivity contribution in [2.45, 2.75) is 33.0 Å². The van der Waals surface area contributed by atoms with Crippen LogP contribution in [0.25, 0.3) is 16.9 Å². The molecule has 0 fully saturated rings. The van der Waals surface area contributed by atoms with E-state index in [2.05, 4.69) is 72.1 Å². The zero-order valence-corrected chi connectivity index (χ0v) is 16.9. The van der Waals surface area contributed by atoms with E-state index in [1.54, 1.807) is 0 Å². The second kappa shape index (κ2) is 8.79. The number of rotatable bonds is 8. The first-order valence-electron chi connectivity index (χ1n) is 10.0. The van der Waals surface area contributed by atoms with Gasteiger partial charge in [0.15, 0.2) is 0 Å². The molecule has 0 aliphatic rings. The zero-order chi connectivity index (χ0) is 20.1. The van der Waals surface area contributed by atoms with E-state index in [-0.39, 0.29) is 0 Å². The topological polar surface area (TPSA) is 65.9 Å². The molecule has 148 valence electrons. The average Bonchev–Trinajstić information content (AvgIpc) is 3.37. The van der Waals surface area contributed by atoms with Crippen LogP contribution in [0.4, 0.5) is 0 Å². The molecule has 4 aromatic rings. The maximum atomic E-state index is 4.91. The normalized spacial score (nSPS) is 12.2. The molecule has 0 saturated heterocycles. The second-order valence-electron chi connectivity index (χ2n) is 7.28. The standard InChI is InChI=1S/C22H25N7/c1-3-14-28-21(23-25-26-28)17-27(2)15-19-16-29(20-12-8-5-9-13-20)24-22(19)18-10-6-4-7-11-18/h4-13,16H,3,14-15,17H2,1-2H3/p+1. The minimum Gasteiger partial charge on any atom is -0.327 e. The Balaban J connectivity index is 1.61. The lowest BCUT2D eigenvalue weighted by atomic mass is 10.1. The Kier molecular flexibility index (Phi) is 5.76. The number of hydrogen-bond acceptors (Lipinski definition) is 4. The van der Waals surface area contributed by atoms with Gasteiger partial charge in [-0.3, -0.25) is 0 Å². The zero-order valence-electron chi connectivity index (χ0n) is 16.9. The van der Waals surface area contributed by atoms with Gasteiger partial charge in [0.25, 0.3) is 0 Å². The minimum absolute atomic E-state index is 0.762. The fourth-order valence-electron chi connectivity index (χ4n) is 3.48. The molecule has 2 aromatic heterocycles. The van der Waals surface area contributed by atoms with E-state index in [1.807, 2.05) is 33.6 Å². The number of quaternary nitrogens is 1. The van der Waals surface area contributed by atoms with Crippen molar-refractivity contribution < 1.29 is 4.90 Å². The van der Waals surface area contributed by atoms with Crippen molar-refractivity contribution in [2.75, 3.05) is 7.05 Å². The van der Waals surface area contributed by atoms with E-state index < -0.39 is 0 Å². The van der Waals surface area contributed by atoms with Crippen LogP contribution in [0.1, 0.15) is 24.7 Å². The maximum Gasteiger partial charge on any atom is 0.206 e. The van der Waals surface area contributed by atoms with Crippen LogP contribution in [0.2, 0.25) is 0 Å². The van der Waals surface area contributed by atoms with Crippen LogP contribution in [-0.4, -0.2) is 37.0 Å². The molecule has 0 amide bonds. The highest BCUT2D eigenvalue weighted by atomic mass is 15.5. The van der Waals surface area contributed by atoms with Crippen LogP contribution < -0.4 is 4.90 Å². The highest BCUT2D eigenvalue weighted by Crippen LogP contribution is 2.23. The number of tetrazole rings is 1. The van der Waals surface area contributed by atoms with E-state index in [0.717, 1.165) is 48.8 Å². The third kappa shape index (κ3) is 4.41. The summed E-state index contributed by atoms with van der Waals surface area (Å²) in [6.07, 6.45) is 3.15. The molecule has 7 heteroatoms. The summed E-state index contributed by atoms with van der Waals surface area (Å²) in [5.74, 6) is 0.918. The average molecular weight is 388 g/mol. The molecular weight excluding hydrogens is 362 g/mol. The summed E-state index contributed by atoms with van der Waals surface area (Å²) in [4.78, 5) is 1.31. The van der Waals surface area contributed by atoms with Crippen LogP contribution >= 0.6 is 0 Å². The number of aromatic nitrogens is 6. The molecule has 0 aliphatic heterocycles. The van der Waals surface area contributed by atoms with Gasteiger partial charge in [0.1, 0.15) is 18.8 Å². The molecule has 1 unspecified atom stereocenters. The van der Waals surface area contributed by atoms with Gasteiger partial charge < -0.3 is 4.90 Å². The monoisotopic (exact) mass is 388 g/mol. The Hall–Kier alpha value is -3.32. The van der Waals surface area contributed by atoms with Crippen LogP contribution in [0, 0.1) is 0 Å². The molecule has 29 heavy (non-hydrogen) atoms. The van der Waals surface area contributed by atoms with Gasteiger partial charge in [-0.1, -0.05) is 55.5 Å². The number of nitrogens with one attached hydrogen (secondary N) is 1. The van der Waals surface area contributed by atoms with Gasteiger partial charge in [0.2, 0.25) is 5.82 Å². The molecule has 0 aliphatic carbocycles. The fraction of sp³-hybridized carbons (Fsp3) is 0.273. The first-order chi connectivity index (χ1) is 14.2. The van der Waals surface area contributed by atoms with Crippen LogP contribution in [-0.2, 0) is 19.6 Å². The Bertz CT molecular complexity index is 1040. The fourth-order valence-corrected chi connectivity index (χ4v) is 3.48. The number of nitrogens with zero attached hydrogens (tertiary/aromatic N) is 6. The van der Waals surface area contributed by atoms with Gasteiger partial charge in [-0.2, -0.15) is 5.10 Å². The summed E-state index contributed by atoms with van der Waals surface area (Å²) in [5, 5.41) is 17.1. The molecule has 4 rings (SSSR count). The molecule has 0 bridgehead atoms. The largest absolute Gasteiger partial charge is 0.327 e. The second-order valence-corrected chi connectivity index (χ2v) is 7.28. The number of hydrogen-bond donors (Lipinski definition) is 1. The molecule has 0 radical (unpaired) electrons. The lowest BCUT2D eigenvalue weighted by Gasteiger charge is -2.13. The number of benzene rings is 2. The summed E-state index contributed by atoms with van der Waals surface area (Å²) in [6, 6.07) is 20.6.